The van der Waals surface area contributed by atoms with Gasteiger partial charge in [-0.25, -0.2) is 0 Å². The lowest BCUT2D eigenvalue weighted by Gasteiger charge is -2.37. The summed E-state index contributed by atoms with van der Waals surface area (Å²) in [6.07, 6.45) is 5.67. The molecule has 0 radical (unpaired) electrons. The molecule has 0 fully saturated rings. The molecule has 40 heavy (non-hydrogen) atoms. The Hall–Kier alpha value is -2.80. The van der Waals surface area contributed by atoms with Crippen molar-refractivity contribution in [1.82, 2.24) is 0 Å². The molecule has 3 aromatic carbocycles. The molecule has 3 unspecified atom stereocenters. The van der Waals surface area contributed by atoms with E-state index in [0.29, 0.717) is 11.8 Å². The molecule has 0 bridgehead atoms. The quantitative estimate of drug-likeness (QED) is 0.272. The minimum absolute atomic E-state index is 0.166. The number of anilines is 1. The van der Waals surface area contributed by atoms with Crippen LogP contribution in [0.5, 0.6) is 0 Å². The zero-order valence-corrected chi connectivity index (χ0v) is 27.3. The van der Waals surface area contributed by atoms with E-state index in [1.807, 2.05) is 0 Å². The van der Waals surface area contributed by atoms with Gasteiger partial charge in [0.1, 0.15) is 0 Å². The van der Waals surface area contributed by atoms with Crippen molar-refractivity contribution in [1.29, 1.82) is 0 Å². The van der Waals surface area contributed by atoms with Gasteiger partial charge in [-0.15, -0.1) is 6.58 Å². The molecule has 1 heteroatoms. The van der Waals surface area contributed by atoms with E-state index >= 15 is 0 Å². The van der Waals surface area contributed by atoms with Crippen LogP contribution in [-0.2, 0) is 6.42 Å². The first kappa shape index (κ1) is 30.2. The zero-order valence-electron chi connectivity index (χ0n) is 27.3. The summed E-state index contributed by atoms with van der Waals surface area (Å²) in [4.78, 5) is 2.46. The van der Waals surface area contributed by atoms with Crippen molar-refractivity contribution in [3.8, 4) is 22.3 Å². The maximum absolute atomic E-state index is 4.44. The molecule has 0 spiro atoms. The van der Waals surface area contributed by atoms with E-state index in [1.54, 1.807) is 0 Å². The van der Waals surface area contributed by atoms with Gasteiger partial charge in [0.15, 0.2) is 0 Å². The smallest absolute Gasteiger partial charge is 0.0405 e. The molecule has 0 aliphatic carbocycles. The molecule has 0 aromatic heterocycles. The minimum atomic E-state index is 0.166. The van der Waals surface area contributed by atoms with Crippen LogP contribution in [0, 0.1) is 39.0 Å². The van der Waals surface area contributed by atoms with Crippen LogP contribution in [0.1, 0.15) is 105 Å². The van der Waals surface area contributed by atoms with Gasteiger partial charge in [-0.3, -0.25) is 0 Å². The largest absolute Gasteiger partial charge is 0.374 e. The Balaban J connectivity index is 2.14. The topological polar surface area (TPSA) is 3.24 Å². The van der Waals surface area contributed by atoms with E-state index in [9.17, 15) is 0 Å². The molecule has 0 amide bonds. The molecule has 0 saturated carbocycles. The third-order valence-electron chi connectivity index (χ3n) is 10.1. The molecule has 1 heterocycles. The lowest BCUT2D eigenvalue weighted by molar-refractivity contribution is 0.241. The van der Waals surface area contributed by atoms with Gasteiger partial charge in [0, 0.05) is 25.2 Å². The summed E-state index contributed by atoms with van der Waals surface area (Å²) in [6.45, 7) is 29.0. The molecule has 4 rings (SSSR count). The minimum Gasteiger partial charge on any atom is -0.374 e. The molecule has 1 aliphatic rings. The van der Waals surface area contributed by atoms with Crippen LogP contribution in [0.2, 0.25) is 0 Å². The van der Waals surface area contributed by atoms with Crippen molar-refractivity contribution in [3.63, 3.8) is 0 Å². The summed E-state index contributed by atoms with van der Waals surface area (Å²) in [5, 5.41) is 0. The van der Waals surface area contributed by atoms with Crippen molar-refractivity contribution < 1.29 is 0 Å². The summed E-state index contributed by atoms with van der Waals surface area (Å²) in [7, 11) is 2.26. The Labute approximate surface area is 245 Å². The third kappa shape index (κ3) is 5.41. The number of aryl methyl sites for hydroxylation is 2. The van der Waals surface area contributed by atoms with Crippen LogP contribution in [0.25, 0.3) is 22.3 Å². The normalized spacial score (nSPS) is 17.0. The first-order valence-corrected chi connectivity index (χ1v) is 15.5. The molecular weight excluding hydrogens is 482 g/mol. The lowest BCUT2D eigenvalue weighted by atomic mass is 9.68. The average molecular weight is 536 g/mol. The molecule has 0 saturated heterocycles. The molecule has 0 N–H and O–H groups in total. The predicted molar refractivity (Wildman–Crippen MR) is 178 cm³/mol. The van der Waals surface area contributed by atoms with Crippen LogP contribution in [-0.4, -0.2) is 13.6 Å². The molecule has 1 aliphatic heterocycles. The van der Waals surface area contributed by atoms with Gasteiger partial charge in [-0.1, -0.05) is 84.4 Å². The van der Waals surface area contributed by atoms with Gasteiger partial charge < -0.3 is 4.90 Å². The Bertz CT molecular complexity index is 1400. The van der Waals surface area contributed by atoms with E-state index in [2.05, 4.69) is 130 Å². The SMILES string of the molecule is C=CC(c1c(C)c(CCC)c(-c2ccc(C)c(C)c2)c(C)c1-c1ccc2c(c1)N(C)CCC2C)C(C)C(C)(C)C. The lowest BCUT2D eigenvalue weighted by Crippen LogP contribution is -2.26. The molecule has 3 aromatic rings. The fourth-order valence-electron chi connectivity index (χ4n) is 6.95. The standard InChI is InChI=1S/C39H53N/c1-13-15-34-27(6)38(32(14-2)29(8)39(9,10)11)37(28(7)36(34)30-17-16-24(3)26(5)22-30)31-18-19-33-25(4)20-21-40(12)35(33)23-31/h14,16-19,22-23,25,29,32H,2,13,15,20-21H2,1,3-12H3. The summed E-state index contributed by atoms with van der Waals surface area (Å²) in [6, 6.07) is 14.4. The van der Waals surface area contributed by atoms with Crippen molar-refractivity contribution in [2.75, 3.05) is 18.5 Å². The average Bonchev–Trinajstić information content (AvgIpc) is 2.90. The van der Waals surface area contributed by atoms with Crippen molar-refractivity contribution in [2.45, 2.75) is 100 Å². The summed E-state index contributed by atoms with van der Waals surface area (Å²) < 4.78 is 0. The van der Waals surface area contributed by atoms with E-state index in [1.165, 1.54) is 73.3 Å². The molecular formula is C39H53N. The van der Waals surface area contributed by atoms with E-state index < -0.39 is 0 Å². The second kappa shape index (κ2) is 11.6. The van der Waals surface area contributed by atoms with Gasteiger partial charge in [0.25, 0.3) is 0 Å². The molecule has 3 atom stereocenters. The first-order chi connectivity index (χ1) is 18.8. The second-order valence-electron chi connectivity index (χ2n) is 13.7. The number of nitrogens with zero attached hydrogens (tertiary/aromatic N) is 1. The maximum atomic E-state index is 4.44. The maximum Gasteiger partial charge on any atom is 0.0405 e. The van der Waals surface area contributed by atoms with E-state index in [0.717, 1.165) is 19.4 Å². The van der Waals surface area contributed by atoms with Crippen molar-refractivity contribution in [3.05, 3.63) is 88.0 Å². The summed E-state index contributed by atoms with van der Waals surface area (Å²) in [5.74, 6) is 1.32. The van der Waals surface area contributed by atoms with Crippen LogP contribution < -0.4 is 4.90 Å². The number of allylic oxidation sites excluding steroid dienone is 1. The molecule has 214 valence electrons. The fraction of sp³-hybridized carbons (Fsp3) is 0.487. The van der Waals surface area contributed by atoms with Crippen LogP contribution in [0.15, 0.2) is 49.1 Å². The van der Waals surface area contributed by atoms with Gasteiger partial charge >= 0.3 is 0 Å². The first-order valence-electron chi connectivity index (χ1n) is 15.5. The van der Waals surface area contributed by atoms with Gasteiger partial charge in [-0.05, 0) is 125 Å². The zero-order chi connectivity index (χ0) is 29.5. The third-order valence-corrected chi connectivity index (χ3v) is 10.1. The van der Waals surface area contributed by atoms with Crippen LogP contribution in [0.4, 0.5) is 5.69 Å². The Morgan fingerprint density at radius 1 is 0.950 bits per heavy atom. The number of hydrogen-bond acceptors (Lipinski definition) is 1. The predicted octanol–water partition coefficient (Wildman–Crippen LogP) is 11.1. The van der Waals surface area contributed by atoms with Crippen molar-refractivity contribution in [2.24, 2.45) is 11.3 Å². The highest BCUT2D eigenvalue weighted by Gasteiger charge is 2.33. The number of rotatable bonds is 7. The summed E-state index contributed by atoms with van der Waals surface area (Å²) >= 11 is 0. The molecule has 1 nitrogen and oxygen atoms in total. The van der Waals surface area contributed by atoms with E-state index in [-0.39, 0.29) is 11.3 Å². The Kier molecular flexibility index (Phi) is 8.74. The number of benzene rings is 3. The number of fused-ring (bicyclic) bond motifs is 1. The van der Waals surface area contributed by atoms with E-state index in [4.69, 9.17) is 0 Å². The Morgan fingerprint density at radius 3 is 2.20 bits per heavy atom. The fourth-order valence-corrected chi connectivity index (χ4v) is 6.95. The van der Waals surface area contributed by atoms with Gasteiger partial charge in [0.05, 0.1) is 0 Å². The highest BCUT2D eigenvalue weighted by molar-refractivity contribution is 5.87. The highest BCUT2D eigenvalue weighted by Crippen LogP contribution is 2.49. The highest BCUT2D eigenvalue weighted by atomic mass is 15.1. The van der Waals surface area contributed by atoms with Crippen LogP contribution >= 0.6 is 0 Å². The number of hydrogen-bond donors (Lipinski definition) is 0. The Morgan fingerprint density at radius 2 is 1.60 bits per heavy atom. The van der Waals surface area contributed by atoms with Crippen LogP contribution in [0.3, 0.4) is 0 Å². The van der Waals surface area contributed by atoms with Gasteiger partial charge in [-0.2, -0.15) is 0 Å². The second-order valence-corrected chi connectivity index (χ2v) is 13.7. The van der Waals surface area contributed by atoms with Gasteiger partial charge in [0.2, 0.25) is 0 Å². The monoisotopic (exact) mass is 535 g/mol. The summed E-state index contributed by atoms with van der Waals surface area (Å²) in [5.41, 5.74) is 17.2. The van der Waals surface area contributed by atoms with Crippen molar-refractivity contribution >= 4 is 5.69 Å².